The first kappa shape index (κ1) is 11.4. The van der Waals surface area contributed by atoms with Crippen molar-refractivity contribution in [3.8, 4) is 0 Å². The van der Waals surface area contributed by atoms with Crippen molar-refractivity contribution in [2.24, 2.45) is 0 Å². The van der Waals surface area contributed by atoms with Crippen LogP contribution in [0.4, 0.5) is 0 Å². The van der Waals surface area contributed by atoms with Gasteiger partial charge in [-0.2, -0.15) is 0 Å². The molecule has 0 saturated heterocycles. The highest BCUT2D eigenvalue weighted by molar-refractivity contribution is 5.51. The number of likely N-dealkylation sites (N-methyl/N-ethyl adjacent to an activating group) is 1. The summed E-state index contributed by atoms with van der Waals surface area (Å²) in [6.45, 7) is 4.78. The largest absolute Gasteiger partial charge is 0.303 e. The molecule has 0 aliphatic carbocycles. The minimum Gasteiger partial charge on any atom is -0.303 e. The van der Waals surface area contributed by atoms with Gasteiger partial charge >= 0.3 is 0 Å². The fourth-order valence-corrected chi connectivity index (χ4v) is 0.149. The molecule has 0 aromatic rings. The maximum Gasteiger partial charge on any atom is 0.133 e. The Morgan fingerprint density at radius 2 is 1.67 bits per heavy atom. The molecular formula is C7H17NO. The smallest absolute Gasteiger partial charge is 0.133 e. The third-order valence-corrected chi connectivity index (χ3v) is 0.440. The molecule has 0 radical (unpaired) electrons. The zero-order valence-electron chi connectivity index (χ0n) is 6.85. The van der Waals surface area contributed by atoms with Gasteiger partial charge in [0, 0.05) is 0 Å². The van der Waals surface area contributed by atoms with Crippen LogP contribution < -0.4 is 0 Å². The van der Waals surface area contributed by atoms with E-state index in [0.717, 1.165) is 6.29 Å². The lowest BCUT2D eigenvalue weighted by atomic mass is 10.6. The summed E-state index contributed by atoms with van der Waals surface area (Å²) in [5.41, 5.74) is 0. The molecule has 0 amide bonds. The predicted molar refractivity (Wildman–Crippen MR) is 40.6 cm³/mol. The van der Waals surface area contributed by atoms with Gasteiger partial charge in [0.1, 0.15) is 6.29 Å². The number of carbonyl (C=O) groups is 1. The zero-order valence-corrected chi connectivity index (χ0v) is 6.85. The van der Waals surface area contributed by atoms with Crippen molar-refractivity contribution < 1.29 is 4.79 Å². The van der Waals surface area contributed by atoms with Crippen LogP contribution in [0, 0.1) is 0 Å². The predicted octanol–water partition coefficient (Wildman–Crippen LogP) is 1.16. The van der Waals surface area contributed by atoms with Crippen molar-refractivity contribution in [1.82, 2.24) is 4.90 Å². The molecule has 0 N–H and O–H groups in total. The molecule has 2 nitrogen and oxygen atoms in total. The van der Waals surface area contributed by atoms with E-state index in [-0.39, 0.29) is 0 Å². The van der Waals surface area contributed by atoms with Gasteiger partial charge in [-0.1, -0.05) is 20.3 Å². The Kier molecular flexibility index (Phi) is 13.4. The summed E-state index contributed by atoms with van der Waals surface area (Å²) in [4.78, 5) is 11.4. The summed E-state index contributed by atoms with van der Waals surface area (Å²) >= 11 is 0. The molecular weight excluding hydrogens is 114 g/mol. The number of hydrogen-bond donors (Lipinski definition) is 0. The standard InChI is InChI=1S/C4H9NO.C3H8/c1-5(2)3-4-6;1-3-2/h4H,3H2,1-2H3;3H2,1-2H3. The molecule has 0 aliphatic rings. The SMILES string of the molecule is CCC.CN(C)CC=O. The molecule has 0 bridgehead atoms. The summed E-state index contributed by atoms with van der Waals surface area (Å²) in [7, 11) is 3.71. The summed E-state index contributed by atoms with van der Waals surface area (Å²) in [5, 5.41) is 0. The molecule has 0 saturated carbocycles. The van der Waals surface area contributed by atoms with Crippen LogP contribution in [0.1, 0.15) is 20.3 Å². The van der Waals surface area contributed by atoms with E-state index >= 15 is 0 Å². The molecule has 0 aromatic heterocycles. The Bertz CT molecular complexity index is 52.9. The molecule has 0 atom stereocenters. The van der Waals surface area contributed by atoms with Gasteiger partial charge < -0.3 is 9.69 Å². The Balaban J connectivity index is 0. The van der Waals surface area contributed by atoms with E-state index in [2.05, 4.69) is 13.8 Å². The Labute approximate surface area is 57.9 Å². The van der Waals surface area contributed by atoms with Gasteiger partial charge in [-0.05, 0) is 14.1 Å². The van der Waals surface area contributed by atoms with Crippen LogP contribution >= 0.6 is 0 Å². The summed E-state index contributed by atoms with van der Waals surface area (Å²) in [6, 6.07) is 0. The van der Waals surface area contributed by atoms with Crippen molar-refractivity contribution in [3.63, 3.8) is 0 Å². The molecule has 2 heteroatoms. The van der Waals surface area contributed by atoms with E-state index in [4.69, 9.17) is 0 Å². The van der Waals surface area contributed by atoms with Crippen LogP contribution in [-0.2, 0) is 4.79 Å². The Morgan fingerprint density at radius 1 is 1.33 bits per heavy atom. The third kappa shape index (κ3) is 35.0. The second-order valence-electron chi connectivity index (χ2n) is 2.14. The molecule has 0 heterocycles. The molecule has 9 heavy (non-hydrogen) atoms. The topological polar surface area (TPSA) is 20.3 Å². The summed E-state index contributed by atoms with van der Waals surface area (Å²) < 4.78 is 0. The van der Waals surface area contributed by atoms with E-state index in [1.807, 2.05) is 19.0 Å². The third-order valence-electron chi connectivity index (χ3n) is 0.440. The maximum atomic E-state index is 9.57. The maximum absolute atomic E-state index is 9.57. The van der Waals surface area contributed by atoms with Crippen molar-refractivity contribution in [2.45, 2.75) is 20.3 Å². The fraction of sp³-hybridized carbons (Fsp3) is 0.857. The lowest BCUT2D eigenvalue weighted by Crippen LogP contribution is -2.13. The minimum absolute atomic E-state index is 0.528. The number of carbonyl (C=O) groups excluding carboxylic acids is 1. The van der Waals surface area contributed by atoms with Crippen LogP contribution in [-0.4, -0.2) is 31.8 Å². The van der Waals surface area contributed by atoms with Gasteiger partial charge in [0.15, 0.2) is 0 Å². The normalized spacial score (nSPS) is 8.11. The van der Waals surface area contributed by atoms with Gasteiger partial charge in [-0.3, -0.25) is 0 Å². The quantitative estimate of drug-likeness (QED) is 0.524. The van der Waals surface area contributed by atoms with Gasteiger partial charge in [0.05, 0.1) is 6.54 Å². The highest BCUT2D eigenvalue weighted by Crippen LogP contribution is 1.62. The van der Waals surface area contributed by atoms with Crippen molar-refractivity contribution in [3.05, 3.63) is 0 Å². The van der Waals surface area contributed by atoms with Gasteiger partial charge in [-0.25, -0.2) is 0 Å². The number of aldehydes is 1. The van der Waals surface area contributed by atoms with E-state index in [1.54, 1.807) is 0 Å². The van der Waals surface area contributed by atoms with Gasteiger partial charge in [0.25, 0.3) is 0 Å². The highest BCUT2D eigenvalue weighted by Gasteiger charge is 1.79. The highest BCUT2D eigenvalue weighted by atomic mass is 16.1. The first-order chi connectivity index (χ1) is 4.18. The van der Waals surface area contributed by atoms with E-state index < -0.39 is 0 Å². The lowest BCUT2D eigenvalue weighted by Gasteiger charge is -1.99. The average molecular weight is 131 g/mol. The molecule has 0 aliphatic heterocycles. The summed E-state index contributed by atoms with van der Waals surface area (Å²) in [6.07, 6.45) is 2.12. The van der Waals surface area contributed by atoms with Gasteiger partial charge in [0.2, 0.25) is 0 Å². The molecule has 0 unspecified atom stereocenters. The lowest BCUT2D eigenvalue weighted by molar-refractivity contribution is -0.108. The van der Waals surface area contributed by atoms with Crippen LogP contribution in [0.25, 0.3) is 0 Å². The Morgan fingerprint density at radius 3 is 1.67 bits per heavy atom. The van der Waals surface area contributed by atoms with E-state index in [1.165, 1.54) is 6.42 Å². The van der Waals surface area contributed by atoms with Crippen molar-refractivity contribution in [1.29, 1.82) is 0 Å². The summed E-state index contributed by atoms with van der Waals surface area (Å²) in [5.74, 6) is 0. The van der Waals surface area contributed by atoms with E-state index in [0.29, 0.717) is 6.54 Å². The minimum atomic E-state index is 0.528. The molecule has 0 aromatic carbocycles. The van der Waals surface area contributed by atoms with Crippen LogP contribution in [0.15, 0.2) is 0 Å². The van der Waals surface area contributed by atoms with Gasteiger partial charge in [-0.15, -0.1) is 0 Å². The Hall–Kier alpha value is -0.370. The number of nitrogens with zero attached hydrogens (tertiary/aromatic N) is 1. The molecule has 0 fully saturated rings. The second kappa shape index (κ2) is 10.6. The van der Waals surface area contributed by atoms with Crippen LogP contribution in [0.2, 0.25) is 0 Å². The second-order valence-corrected chi connectivity index (χ2v) is 2.14. The van der Waals surface area contributed by atoms with Crippen molar-refractivity contribution >= 4 is 6.29 Å². The number of hydrogen-bond acceptors (Lipinski definition) is 2. The first-order valence-electron chi connectivity index (χ1n) is 3.27. The fourth-order valence-electron chi connectivity index (χ4n) is 0.149. The molecule has 56 valence electrons. The molecule has 0 spiro atoms. The van der Waals surface area contributed by atoms with Crippen molar-refractivity contribution in [2.75, 3.05) is 20.6 Å². The van der Waals surface area contributed by atoms with E-state index in [9.17, 15) is 4.79 Å². The van der Waals surface area contributed by atoms with Crippen LogP contribution in [0.5, 0.6) is 0 Å². The molecule has 0 rings (SSSR count). The zero-order chi connectivity index (χ0) is 7.70. The first-order valence-corrected chi connectivity index (χ1v) is 3.27. The average Bonchev–Trinajstić information content (AvgIpc) is 1.67. The monoisotopic (exact) mass is 131 g/mol. The number of rotatable bonds is 2. The van der Waals surface area contributed by atoms with Crippen LogP contribution in [0.3, 0.4) is 0 Å².